The number of hydrogen-bond acceptors (Lipinski definition) is 8. The highest BCUT2D eigenvalue weighted by Gasteiger charge is 2.32. The first-order valence-electron chi connectivity index (χ1n) is 12.7. The van der Waals surface area contributed by atoms with E-state index in [-0.39, 0.29) is 11.7 Å². The van der Waals surface area contributed by atoms with Crippen LogP contribution in [-0.2, 0) is 13.0 Å². The van der Waals surface area contributed by atoms with Crippen molar-refractivity contribution in [3.8, 4) is 17.2 Å². The van der Waals surface area contributed by atoms with Crippen LogP contribution in [0.3, 0.4) is 0 Å². The largest absolute Gasteiger partial charge is 0.493 e. The maximum atomic E-state index is 13.2. The standard InChI is InChI=1S/C29H34N4O4/c1-19-27-23(14-21(15-24(27)34)22-16-25(35-2)28(37-4)26(17-22)36-3)31-29(30-19)33-12-10-32(11-13-33)18-20-8-6-5-7-9-20/h5-9,16-17,21H,10-15,18H2,1-4H3/t21-/m0/s1. The summed E-state index contributed by atoms with van der Waals surface area (Å²) in [5.41, 5.74) is 4.56. The first-order valence-corrected chi connectivity index (χ1v) is 12.7. The summed E-state index contributed by atoms with van der Waals surface area (Å²) in [7, 11) is 4.79. The molecule has 194 valence electrons. The average Bonchev–Trinajstić information content (AvgIpc) is 2.92. The normalized spacial score (nSPS) is 17.9. The molecule has 2 heterocycles. The topological polar surface area (TPSA) is 77.0 Å². The minimum Gasteiger partial charge on any atom is -0.493 e. The second-order valence-electron chi connectivity index (χ2n) is 9.67. The predicted molar refractivity (Wildman–Crippen MR) is 142 cm³/mol. The number of nitrogens with zero attached hydrogens (tertiary/aromatic N) is 4. The summed E-state index contributed by atoms with van der Waals surface area (Å²) in [6.45, 7) is 6.48. The van der Waals surface area contributed by atoms with Crippen molar-refractivity contribution >= 4 is 11.7 Å². The van der Waals surface area contributed by atoms with Crippen LogP contribution in [0.4, 0.5) is 5.95 Å². The summed E-state index contributed by atoms with van der Waals surface area (Å²) < 4.78 is 16.6. The summed E-state index contributed by atoms with van der Waals surface area (Å²) >= 11 is 0. The molecular formula is C29H34N4O4. The third-order valence-corrected chi connectivity index (χ3v) is 7.37. The molecule has 0 amide bonds. The molecule has 37 heavy (non-hydrogen) atoms. The zero-order valence-electron chi connectivity index (χ0n) is 22.0. The number of rotatable bonds is 7. The van der Waals surface area contributed by atoms with Gasteiger partial charge in [0.05, 0.1) is 38.3 Å². The van der Waals surface area contributed by atoms with Gasteiger partial charge in [-0.1, -0.05) is 30.3 Å². The molecule has 0 bridgehead atoms. The van der Waals surface area contributed by atoms with Crippen LogP contribution in [0.15, 0.2) is 42.5 Å². The average molecular weight is 503 g/mol. The first-order chi connectivity index (χ1) is 18.0. The SMILES string of the molecule is COc1cc([C@@H]2CC(=O)c3c(C)nc(N4CCN(Cc5ccccc5)CC4)nc3C2)cc(OC)c1OC. The van der Waals surface area contributed by atoms with Gasteiger partial charge in [0.2, 0.25) is 11.7 Å². The molecule has 8 heteroatoms. The van der Waals surface area contributed by atoms with E-state index in [0.717, 1.165) is 49.7 Å². The third-order valence-electron chi connectivity index (χ3n) is 7.37. The molecule has 3 aromatic rings. The Hall–Kier alpha value is -3.65. The number of benzene rings is 2. The second kappa shape index (κ2) is 10.8. The van der Waals surface area contributed by atoms with E-state index in [1.807, 2.05) is 25.1 Å². The quantitative estimate of drug-likeness (QED) is 0.479. The van der Waals surface area contributed by atoms with Crippen LogP contribution < -0.4 is 19.1 Å². The van der Waals surface area contributed by atoms with E-state index < -0.39 is 0 Å². The highest BCUT2D eigenvalue weighted by molar-refractivity contribution is 5.99. The lowest BCUT2D eigenvalue weighted by Gasteiger charge is -2.35. The van der Waals surface area contributed by atoms with Gasteiger partial charge in [-0.3, -0.25) is 9.69 Å². The van der Waals surface area contributed by atoms with Crippen LogP contribution in [0.5, 0.6) is 17.2 Å². The number of ether oxygens (including phenoxy) is 3. The molecule has 2 aromatic carbocycles. The lowest BCUT2D eigenvalue weighted by molar-refractivity contribution is 0.0961. The van der Waals surface area contributed by atoms with Gasteiger partial charge in [0.1, 0.15) is 0 Å². The molecule has 2 aliphatic rings. The number of aryl methyl sites for hydroxylation is 1. The fraction of sp³-hybridized carbons (Fsp3) is 0.414. The van der Waals surface area contributed by atoms with Crippen molar-refractivity contribution in [2.75, 3.05) is 52.4 Å². The van der Waals surface area contributed by atoms with Crippen LogP contribution in [-0.4, -0.2) is 68.2 Å². The zero-order valence-corrected chi connectivity index (χ0v) is 22.0. The van der Waals surface area contributed by atoms with Crippen LogP contribution in [0, 0.1) is 6.92 Å². The summed E-state index contributed by atoms with van der Waals surface area (Å²) in [5, 5.41) is 0. The highest BCUT2D eigenvalue weighted by atomic mass is 16.5. The van der Waals surface area contributed by atoms with Crippen molar-refractivity contribution in [2.45, 2.75) is 32.2 Å². The Kier molecular flexibility index (Phi) is 7.28. The van der Waals surface area contributed by atoms with Crippen LogP contribution >= 0.6 is 0 Å². The molecule has 0 unspecified atom stereocenters. The Bertz CT molecular complexity index is 1250. The number of carbonyl (C=O) groups excluding carboxylic acids is 1. The number of ketones is 1. The minimum absolute atomic E-state index is 0.0291. The number of fused-ring (bicyclic) bond motifs is 1. The Morgan fingerprint density at radius 3 is 2.19 bits per heavy atom. The molecular weight excluding hydrogens is 468 g/mol. The van der Waals surface area contributed by atoms with Crippen molar-refractivity contribution in [1.82, 2.24) is 14.9 Å². The fourth-order valence-electron chi connectivity index (χ4n) is 5.42. The van der Waals surface area contributed by atoms with Gasteiger partial charge >= 0.3 is 0 Å². The van der Waals surface area contributed by atoms with Gasteiger partial charge < -0.3 is 19.1 Å². The molecule has 1 aromatic heterocycles. The van der Waals surface area contributed by atoms with Gasteiger partial charge in [-0.05, 0) is 42.5 Å². The number of methoxy groups -OCH3 is 3. The molecule has 1 aliphatic carbocycles. The molecule has 0 spiro atoms. The van der Waals surface area contributed by atoms with Crippen molar-refractivity contribution in [2.24, 2.45) is 0 Å². The maximum Gasteiger partial charge on any atom is 0.225 e. The van der Waals surface area contributed by atoms with Crippen LogP contribution in [0.2, 0.25) is 0 Å². The van der Waals surface area contributed by atoms with E-state index in [1.54, 1.807) is 21.3 Å². The van der Waals surface area contributed by atoms with E-state index in [0.29, 0.717) is 41.6 Å². The van der Waals surface area contributed by atoms with Gasteiger partial charge in [0.15, 0.2) is 17.3 Å². The summed E-state index contributed by atoms with van der Waals surface area (Å²) in [5.74, 6) is 2.48. The molecule has 0 N–H and O–H groups in total. The van der Waals surface area contributed by atoms with Crippen molar-refractivity contribution < 1.29 is 19.0 Å². The molecule has 0 saturated carbocycles. The molecule has 1 saturated heterocycles. The van der Waals surface area contributed by atoms with Gasteiger partial charge in [-0.25, -0.2) is 9.97 Å². The van der Waals surface area contributed by atoms with Crippen LogP contribution in [0.1, 0.15) is 45.2 Å². The molecule has 1 atom stereocenters. The molecule has 8 nitrogen and oxygen atoms in total. The van der Waals surface area contributed by atoms with E-state index in [1.165, 1.54) is 5.56 Å². The fourth-order valence-corrected chi connectivity index (χ4v) is 5.42. The number of piperazine rings is 1. The zero-order chi connectivity index (χ0) is 25.9. The van der Waals surface area contributed by atoms with Gasteiger partial charge in [0, 0.05) is 39.1 Å². The van der Waals surface area contributed by atoms with Crippen LogP contribution in [0.25, 0.3) is 0 Å². The summed E-state index contributed by atoms with van der Waals surface area (Å²) in [6, 6.07) is 14.4. The van der Waals surface area contributed by atoms with Gasteiger partial charge in [0.25, 0.3) is 0 Å². The minimum atomic E-state index is -0.0291. The molecule has 1 fully saturated rings. The number of Topliss-reactive ketones (excluding diaryl/α,β-unsaturated/α-hetero) is 1. The summed E-state index contributed by atoms with van der Waals surface area (Å²) in [6.07, 6.45) is 1.05. The van der Waals surface area contributed by atoms with Crippen molar-refractivity contribution in [1.29, 1.82) is 0 Å². The molecule has 1 aliphatic heterocycles. The van der Waals surface area contributed by atoms with E-state index in [2.05, 4.69) is 34.1 Å². The number of carbonyl (C=O) groups is 1. The number of aromatic nitrogens is 2. The predicted octanol–water partition coefficient (Wildman–Crippen LogP) is 4.05. The Morgan fingerprint density at radius 1 is 0.892 bits per heavy atom. The van der Waals surface area contributed by atoms with E-state index in [4.69, 9.17) is 24.2 Å². The van der Waals surface area contributed by atoms with Crippen molar-refractivity contribution in [3.05, 3.63) is 70.5 Å². The third kappa shape index (κ3) is 5.11. The monoisotopic (exact) mass is 502 g/mol. The lowest BCUT2D eigenvalue weighted by atomic mass is 9.81. The number of anilines is 1. The highest BCUT2D eigenvalue weighted by Crippen LogP contribution is 2.43. The Morgan fingerprint density at radius 2 is 1.57 bits per heavy atom. The lowest BCUT2D eigenvalue weighted by Crippen LogP contribution is -2.46. The first kappa shape index (κ1) is 25.0. The van der Waals surface area contributed by atoms with Gasteiger partial charge in [-0.2, -0.15) is 0 Å². The molecule has 5 rings (SSSR count). The Balaban J connectivity index is 1.36. The summed E-state index contributed by atoms with van der Waals surface area (Å²) in [4.78, 5) is 27.6. The molecule has 0 radical (unpaired) electrons. The van der Waals surface area contributed by atoms with Gasteiger partial charge in [-0.15, -0.1) is 0 Å². The van der Waals surface area contributed by atoms with E-state index in [9.17, 15) is 4.79 Å². The van der Waals surface area contributed by atoms with E-state index >= 15 is 0 Å². The maximum absolute atomic E-state index is 13.2. The number of hydrogen-bond donors (Lipinski definition) is 0. The smallest absolute Gasteiger partial charge is 0.225 e. The van der Waals surface area contributed by atoms with Crippen molar-refractivity contribution in [3.63, 3.8) is 0 Å². The second-order valence-corrected chi connectivity index (χ2v) is 9.67. The Labute approximate surface area is 218 Å².